The molecule has 2 bridgehead atoms. The highest BCUT2D eigenvalue weighted by Crippen LogP contribution is 2.63. The zero-order chi connectivity index (χ0) is 10.6. The number of anilines is 1. The van der Waals surface area contributed by atoms with E-state index in [4.69, 9.17) is 5.73 Å². The average Bonchev–Trinajstić information content (AvgIpc) is 2.64. The predicted octanol–water partition coefficient (Wildman–Crippen LogP) is 2.53. The van der Waals surface area contributed by atoms with E-state index in [9.17, 15) is 0 Å². The Morgan fingerprint density at radius 1 is 1.47 bits per heavy atom. The van der Waals surface area contributed by atoms with Crippen LogP contribution >= 0.6 is 0 Å². The van der Waals surface area contributed by atoms with E-state index in [0.29, 0.717) is 17.2 Å². The van der Waals surface area contributed by atoms with E-state index in [1.54, 1.807) is 0 Å². The van der Waals surface area contributed by atoms with Gasteiger partial charge in [0.1, 0.15) is 5.82 Å². The van der Waals surface area contributed by atoms with Crippen LogP contribution < -0.4 is 5.73 Å². The fourth-order valence-electron chi connectivity index (χ4n) is 3.73. The molecule has 0 radical (unpaired) electrons. The molecule has 0 spiro atoms. The third kappa shape index (κ3) is 1.15. The highest BCUT2D eigenvalue weighted by atomic mass is 15.2. The first-order chi connectivity index (χ1) is 7.09. The molecule has 0 aliphatic heterocycles. The standard InChI is InChI=1S/C12H19N3/c1-12(2)7-3-4-8(9(12)5-7)10-6-11(13)15-14-10/h6-9H,3-5H2,1-2H3,(H3,13,14,15)/t7-,8?,9-/m0/s1. The maximum Gasteiger partial charge on any atom is 0.145 e. The number of rotatable bonds is 1. The Bertz CT molecular complexity index is 378. The number of hydrogen-bond acceptors (Lipinski definition) is 2. The number of nitrogens with zero attached hydrogens (tertiary/aromatic N) is 1. The van der Waals surface area contributed by atoms with Gasteiger partial charge in [-0.2, -0.15) is 5.10 Å². The maximum absolute atomic E-state index is 5.67. The summed E-state index contributed by atoms with van der Waals surface area (Å²) in [6.45, 7) is 4.83. The van der Waals surface area contributed by atoms with Crippen molar-refractivity contribution in [2.24, 2.45) is 17.3 Å². The summed E-state index contributed by atoms with van der Waals surface area (Å²) in [5.41, 5.74) is 7.45. The molecule has 0 saturated heterocycles. The van der Waals surface area contributed by atoms with Crippen molar-refractivity contribution < 1.29 is 0 Å². The first-order valence-corrected chi connectivity index (χ1v) is 5.90. The molecular weight excluding hydrogens is 186 g/mol. The molecule has 4 rings (SSSR count). The minimum atomic E-state index is 0.531. The lowest BCUT2D eigenvalue weighted by molar-refractivity contribution is -0.0814. The number of nitrogens with two attached hydrogens (primary N) is 1. The van der Waals surface area contributed by atoms with Gasteiger partial charge in [0.2, 0.25) is 0 Å². The number of aromatic nitrogens is 2. The van der Waals surface area contributed by atoms with Crippen LogP contribution in [0.2, 0.25) is 0 Å². The third-order valence-electron chi connectivity index (χ3n) is 4.88. The van der Waals surface area contributed by atoms with Crippen LogP contribution in [0.5, 0.6) is 0 Å². The highest BCUT2D eigenvalue weighted by molar-refractivity contribution is 5.31. The van der Waals surface area contributed by atoms with Gasteiger partial charge in [-0.25, -0.2) is 0 Å². The SMILES string of the molecule is CC1(C)[C@H]2CCC(c3cc(N)n[nH]3)[C@@H]1C2. The molecule has 0 aromatic carbocycles. The van der Waals surface area contributed by atoms with E-state index in [1.165, 1.54) is 25.0 Å². The van der Waals surface area contributed by atoms with Crippen LogP contribution in [0.1, 0.15) is 44.7 Å². The molecule has 3 fully saturated rings. The second kappa shape index (κ2) is 2.77. The molecule has 1 unspecified atom stereocenters. The monoisotopic (exact) mass is 205 g/mol. The van der Waals surface area contributed by atoms with Gasteiger partial charge in [0.05, 0.1) is 0 Å². The number of fused-ring (bicyclic) bond motifs is 2. The Balaban J connectivity index is 1.88. The summed E-state index contributed by atoms with van der Waals surface area (Å²) in [6, 6.07) is 2.01. The zero-order valence-electron chi connectivity index (χ0n) is 9.46. The zero-order valence-corrected chi connectivity index (χ0v) is 9.46. The van der Waals surface area contributed by atoms with Gasteiger partial charge >= 0.3 is 0 Å². The molecule has 3 N–H and O–H groups in total. The summed E-state index contributed by atoms with van der Waals surface area (Å²) >= 11 is 0. The fourth-order valence-corrected chi connectivity index (χ4v) is 3.73. The maximum atomic E-state index is 5.67. The first kappa shape index (κ1) is 9.25. The summed E-state index contributed by atoms with van der Waals surface area (Å²) in [4.78, 5) is 0. The summed E-state index contributed by atoms with van der Waals surface area (Å²) in [6.07, 6.45) is 4.07. The van der Waals surface area contributed by atoms with E-state index in [2.05, 4.69) is 24.0 Å². The van der Waals surface area contributed by atoms with Gasteiger partial charge in [-0.1, -0.05) is 13.8 Å². The van der Waals surface area contributed by atoms with Crippen molar-refractivity contribution in [2.45, 2.75) is 39.0 Å². The van der Waals surface area contributed by atoms with Gasteiger partial charge in [0.15, 0.2) is 0 Å². The molecule has 1 aromatic heterocycles. The summed E-state index contributed by atoms with van der Waals surface area (Å²) in [7, 11) is 0. The summed E-state index contributed by atoms with van der Waals surface area (Å²) < 4.78 is 0. The lowest BCUT2D eigenvalue weighted by Crippen LogP contribution is -2.51. The molecule has 1 aromatic rings. The van der Waals surface area contributed by atoms with Gasteiger partial charge < -0.3 is 5.73 Å². The normalized spacial score (nSPS) is 37.3. The van der Waals surface area contributed by atoms with Crippen LogP contribution in [-0.2, 0) is 0 Å². The van der Waals surface area contributed by atoms with Crippen molar-refractivity contribution >= 4 is 5.82 Å². The van der Waals surface area contributed by atoms with Crippen molar-refractivity contribution in [1.82, 2.24) is 10.2 Å². The van der Waals surface area contributed by atoms with Crippen LogP contribution in [0.4, 0.5) is 5.82 Å². The molecule has 82 valence electrons. The third-order valence-corrected chi connectivity index (χ3v) is 4.88. The van der Waals surface area contributed by atoms with Crippen molar-refractivity contribution in [1.29, 1.82) is 0 Å². The summed E-state index contributed by atoms with van der Waals surface area (Å²) in [5, 5.41) is 7.14. The second-order valence-corrected chi connectivity index (χ2v) is 5.79. The highest BCUT2D eigenvalue weighted by Gasteiger charge is 2.54. The molecular formula is C12H19N3. The fraction of sp³-hybridized carbons (Fsp3) is 0.750. The van der Waals surface area contributed by atoms with E-state index in [1.807, 2.05) is 6.07 Å². The smallest absolute Gasteiger partial charge is 0.145 e. The van der Waals surface area contributed by atoms with E-state index in [0.717, 1.165) is 11.8 Å². The molecule has 3 nitrogen and oxygen atoms in total. The molecule has 3 saturated carbocycles. The Kier molecular flexibility index (Phi) is 1.71. The lowest BCUT2D eigenvalue weighted by Gasteiger charge is -2.60. The van der Waals surface area contributed by atoms with Gasteiger partial charge in [-0.15, -0.1) is 0 Å². The molecule has 3 aliphatic carbocycles. The van der Waals surface area contributed by atoms with Gasteiger partial charge in [-0.3, -0.25) is 5.10 Å². The average molecular weight is 205 g/mol. The molecule has 1 heterocycles. The van der Waals surface area contributed by atoms with E-state index < -0.39 is 0 Å². The van der Waals surface area contributed by atoms with Gasteiger partial charge in [0, 0.05) is 17.7 Å². The predicted molar refractivity (Wildman–Crippen MR) is 60.4 cm³/mol. The van der Waals surface area contributed by atoms with E-state index >= 15 is 0 Å². The Morgan fingerprint density at radius 3 is 2.80 bits per heavy atom. The Morgan fingerprint density at radius 2 is 2.27 bits per heavy atom. The van der Waals surface area contributed by atoms with Gasteiger partial charge in [-0.05, 0) is 36.5 Å². The quantitative estimate of drug-likeness (QED) is 0.740. The van der Waals surface area contributed by atoms with Crippen molar-refractivity contribution in [3.63, 3.8) is 0 Å². The Hall–Kier alpha value is -0.990. The number of aromatic amines is 1. The number of H-pyrrole nitrogens is 1. The second-order valence-electron chi connectivity index (χ2n) is 5.79. The summed E-state index contributed by atoms with van der Waals surface area (Å²) in [5.74, 6) is 3.08. The minimum Gasteiger partial charge on any atom is -0.382 e. The van der Waals surface area contributed by atoms with Crippen LogP contribution in [-0.4, -0.2) is 10.2 Å². The van der Waals surface area contributed by atoms with Crippen LogP contribution in [0, 0.1) is 17.3 Å². The molecule has 3 aliphatic rings. The van der Waals surface area contributed by atoms with Crippen LogP contribution in [0.25, 0.3) is 0 Å². The van der Waals surface area contributed by atoms with Gasteiger partial charge in [0.25, 0.3) is 0 Å². The van der Waals surface area contributed by atoms with Crippen molar-refractivity contribution in [3.05, 3.63) is 11.8 Å². The molecule has 3 heteroatoms. The molecule has 0 amide bonds. The lowest BCUT2D eigenvalue weighted by atomic mass is 9.45. The van der Waals surface area contributed by atoms with Crippen LogP contribution in [0.15, 0.2) is 6.07 Å². The minimum absolute atomic E-state index is 0.531. The number of nitrogen functional groups attached to an aromatic ring is 1. The molecule has 3 atom stereocenters. The first-order valence-electron chi connectivity index (χ1n) is 5.90. The van der Waals surface area contributed by atoms with Crippen molar-refractivity contribution in [3.8, 4) is 0 Å². The largest absolute Gasteiger partial charge is 0.382 e. The number of hydrogen-bond donors (Lipinski definition) is 2. The van der Waals surface area contributed by atoms with E-state index in [-0.39, 0.29) is 0 Å². The van der Waals surface area contributed by atoms with Crippen molar-refractivity contribution in [2.75, 3.05) is 5.73 Å². The number of nitrogens with one attached hydrogen (secondary N) is 1. The van der Waals surface area contributed by atoms with Crippen LogP contribution in [0.3, 0.4) is 0 Å². The molecule has 15 heavy (non-hydrogen) atoms. The topological polar surface area (TPSA) is 54.7 Å². The Labute approximate surface area is 90.4 Å².